The van der Waals surface area contributed by atoms with E-state index in [-0.39, 0.29) is 12.2 Å². The van der Waals surface area contributed by atoms with Crippen molar-refractivity contribution < 1.29 is 14.4 Å². The molecule has 7 nitrogen and oxygen atoms in total. The SMILES string of the molecule is O=C(/C=C/c1cnc(N[C@@H]2CCN(CC3CCCCC3)C2)c(Cl)c1)NOC1CCCCO1. The Kier molecular flexibility index (Phi) is 8.79. The number of carbonyl (C=O) groups excluding carboxylic acids is 1. The van der Waals surface area contributed by atoms with Gasteiger partial charge in [-0.1, -0.05) is 30.9 Å². The fourth-order valence-corrected chi connectivity index (χ4v) is 5.06. The van der Waals surface area contributed by atoms with Crippen LogP contribution >= 0.6 is 11.6 Å². The minimum atomic E-state index is -0.364. The number of nitrogens with zero attached hydrogens (tertiary/aromatic N) is 2. The molecule has 2 N–H and O–H groups in total. The number of halogens is 1. The van der Waals surface area contributed by atoms with Gasteiger partial charge in [0.25, 0.3) is 5.91 Å². The zero-order valence-electron chi connectivity index (χ0n) is 18.7. The summed E-state index contributed by atoms with van der Waals surface area (Å²) in [5.74, 6) is 1.23. The first-order chi connectivity index (χ1) is 15.7. The third-order valence-corrected chi connectivity index (χ3v) is 6.86. The highest BCUT2D eigenvalue weighted by Gasteiger charge is 2.26. The number of pyridine rings is 1. The first-order valence-corrected chi connectivity index (χ1v) is 12.4. The molecule has 0 aromatic carbocycles. The Morgan fingerprint density at radius 1 is 1.22 bits per heavy atom. The van der Waals surface area contributed by atoms with Crippen molar-refractivity contribution in [1.29, 1.82) is 0 Å². The monoisotopic (exact) mass is 462 g/mol. The van der Waals surface area contributed by atoms with Crippen molar-refractivity contribution in [3.8, 4) is 0 Å². The second kappa shape index (κ2) is 12.0. The Morgan fingerprint density at radius 2 is 2.06 bits per heavy atom. The number of hydroxylamine groups is 1. The van der Waals surface area contributed by atoms with Gasteiger partial charge in [-0.3, -0.25) is 4.79 Å². The molecule has 2 atom stereocenters. The van der Waals surface area contributed by atoms with Gasteiger partial charge in [0.15, 0.2) is 6.29 Å². The molecule has 3 fully saturated rings. The Bertz CT molecular complexity index is 779. The van der Waals surface area contributed by atoms with E-state index in [1.165, 1.54) is 44.7 Å². The number of aromatic nitrogens is 1. The molecule has 1 aromatic rings. The lowest BCUT2D eigenvalue weighted by Crippen LogP contribution is -2.32. The summed E-state index contributed by atoms with van der Waals surface area (Å²) in [4.78, 5) is 24.3. The summed E-state index contributed by atoms with van der Waals surface area (Å²) < 4.78 is 5.42. The number of ether oxygens (including phenoxy) is 1. The van der Waals surface area contributed by atoms with E-state index in [9.17, 15) is 4.79 Å². The maximum Gasteiger partial charge on any atom is 0.267 e. The molecule has 2 aliphatic heterocycles. The van der Waals surface area contributed by atoms with Gasteiger partial charge in [-0.05, 0) is 55.7 Å². The second-order valence-corrected chi connectivity index (χ2v) is 9.61. The molecule has 3 heterocycles. The van der Waals surface area contributed by atoms with Gasteiger partial charge in [0.05, 0.1) is 5.02 Å². The largest absolute Gasteiger partial charge is 0.365 e. The summed E-state index contributed by atoms with van der Waals surface area (Å²) in [5.41, 5.74) is 3.17. The van der Waals surface area contributed by atoms with Gasteiger partial charge in [-0.15, -0.1) is 0 Å². The Morgan fingerprint density at radius 3 is 2.84 bits per heavy atom. The topological polar surface area (TPSA) is 75.7 Å². The molecule has 1 unspecified atom stereocenters. The van der Waals surface area contributed by atoms with Crippen LogP contribution in [0.1, 0.15) is 63.4 Å². The van der Waals surface area contributed by atoms with Gasteiger partial charge in [0.2, 0.25) is 0 Å². The van der Waals surface area contributed by atoms with Crippen LogP contribution < -0.4 is 10.8 Å². The molecule has 1 amide bonds. The molecule has 1 aromatic heterocycles. The van der Waals surface area contributed by atoms with Gasteiger partial charge < -0.3 is 15.0 Å². The van der Waals surface area contributed by atoms with Crippen molar-refractivity contribution >= 4 is 29.4 Å². The zero-order chi connectivity index (χ0) is 22.2. The van der Waals surface area contributed by atoms with E-state index in [0.29, 0.717) is 23.5 Å². The van der Waals surface area contributed by atoms with Crippen LogP contribution in [0.5, 0.6) is 0 Å². The van der Waals surface area contributed by atoms with Gasteiger partial charge in [-0.25, -0.2) is 15.3 Å². The highest BCUT2D eigenvalue weighted by Crippen LogP contribution is 2.27. The quantitative estimate of drug-likeness (QED) is 0.441. The highest BCUT2D eigenvalue weighted by molar-refractivity contribution is 6.33. The Balaban J connectivity index is 1.21. The fourth-order valence-electron chi connectivity index (χ4n) is 4.83. The van der Waals surface area contributed by atoms with Gasteiger partial charge in [-0.2, -0.15) is 0 Å². The van der Waals surface area contributed by atoms with Gasteiger partial charge in [0, 0.05) is 51.0 Å². The molecule has 0 spiro atoms. The van der Waals surface area contributed by atoms with E-state index in [1.807, 2.05) is 6.07 Å². The Hall–Kier alpha value is -1.67. The predicted octanol–water partition coefficient (Wildman–Crippen LogP) is 4.39. The van der Waals surface area contributed by atoms with Crippen molar-refractivity contribution in [2.45, 2.75) is 70.1 Å². The van der Waals surface area contributed by atoms with Gasteiger partial charge >= 0.3 is 0 Å². The second-order valence-electron chi connectivity index (χ2n) is 9.21. The van der Waals surface area contributed by atoms with Crippen LogP contribution in [-0.4, -0.2) is 54.4 Å². The van der Waals surface area contributed by atoms with E-state index in [1.54, 1.807) is 12.3 Å². The number of amides is 1. The number of nitrogens with one attached hydrogen (secondary N) is 2. The summed E-state index contributed by atoms with van der Waals surface area (Å²) in [6.07, 6.45) is 15.4. The van der Waals surface area contributed by atoms with Gasteiger partial charge in [0.1, 0.15) is 5.82 Å². The number of hydrogen-bond acceptors (Lipinski definition) is 6. The molecule has 1 aliphatic carbocycles. The summed E-state index contributed by atoms with van der Waals surface area (Å²) in [6, 6.07) is 2.19. The Labute approximate surface area is 195 Å². The van der Waals surface area contributed by atoms with Crippen LogP contribution in [-0.2, 0) is 14.4 Å². The lowest BCUT2D eigenvalue weighted by molar-refractivity contribution is -0.198. The number of hydrogen-bond donors (Lipinski definition) is 2. The lowest BCUT2D eigenvalue weighted by Gasteiger charge is -2.26. The fraction of sp³-hybridized carbons (Fsp3) is 0.667. The average molecular weight is 463 g/mol. The van der Waals surface area contributed by atoms with E-state index >= 15 is 0 Å². The summed E-state index contributed by atoms with van der Waals surface area (Å²) in [6.45, 7) is 4.07. The van der Waals surface area contributed by atoms with Crippen LogP contribution in [0, 0.1) is 5.92 Å². The molecule has 0 bridgehead atoms. The summed E-state index contributed by atoms with van der Waals surface area (Å²) in [5, 5.41) is 4.06. The summed E-state index contributed by atoms with van der Waals surface area (Å²) in [7, 11) is 0. The van der Waals surface area contributed by atoms with E-state index < -0.39 is 0 Å². The first-order valence-electron chi connectivity index (χ1n) is 12.1. The highest BCUT2D eigenvalue weighted by atomic mass is 35.5. The van der Waals surface area contributed by atoms with Crippen molar-refractivity contribution in [2.24, 2.45) is 5.92 Å². The molecule has 32 heavy (non-hydrogen) atoms. The molecule has 2 saturated heterocycles. The minimum Gasteiger partial charge on any atom is -0.365 e. The van der Waals surface area contributed by atoms with Crippen LogP contribution in [0.4, 0.5) is 5.82 Å². The maximum atomic E-state index is 12.0. The van der Waals surface area contributed by atoms with Crippen molar-refractivity contribution in [3.05, 3.63) is 28.9 Å². The van der Waals surface area contributed by atoms with Crippen LogP contribution in [0.3, 0.4) is 0 Å². The molecule has 8 heteroatoms. The normalized spacial score (nSPS) is 25.3. The van der Waals surface area contributed by atoms with Crippen molar-refractivity contribution in [1.82, 2.24) is 15.4 Å². The van der Waals surface area contributed by atoms with Crippen molar-refractivity contribution in [2.75, 3.05) is 31.6 Å². The van der Waals surface area contributed by atoms with Crippen molar-refractivity contribution in [3.63, 3.8) is 0 Å². The summed E-state index contributed by atoms with van der Waals surface area (Å²) >= 11 is 6.46. The maximum absolute atomic E-state index is 12.0. The standard InChI is InChI=1S/C24H35ClN4O3/c25-21-14-19(9-10-22(30)28-32-23-8-4-5-13-31-23)15-26-24(21)27-20-11-12-29(17-20)16-18-6-2-1-3-7-18/h9-10,14-15,18,20,23H,1-8,11-13,16-17H2,(H,26,27)(H,28,30)/b10-9+/t20-,23?/m1/s1. The average Bonchev–Trinajstić information content (AvgIpc) is 3.26. The third-order valence-electron chi connectivity index (χ3n) is 6.57. The van der Waals surface area contributed by atoms with E-state index in [2.05, 4.69) is 20.7 Å². The zero-order valence-corrected chi connectivity index (χ0v) is 19.5. The minimum absolute atomic E-state index is 0.346. The van der Waals surface area contributed by atoms with Crippen LogP contribution in [0.15, 0.2) is 18.3 Å². The molecular weight excluding hydrogens is 428 g/mol. The molecule has 1 saturated carbocycles. The number of likely N-dealkylation sites (tertiary alicyclic amines) is 1. The smallest absolute Gasteiger partial charge is 0.267 e. The molecule has 3 aliphatic rings. The van der Waals surface area contributed by atoms with E-state index in [4.69, 9.17) is 21.2 Å². The van der Waals surface area contributed by atoms with E-state index in [0.717, 1.165) is 50.3 Å². The first kappa shape index (κ1) is 23.5. The molecular formula is C24H35ClN4O3. The molecule has 0 radical (unpaired) electrons. The lowest BCUT2D eigenvalue weighted by atomic mass is 9.89. The molecule has 176 valence electrons. The third kappa shape index (κ3) is 7.17. The van der Waals surface area contributed by atoms with Crippen LogP contribution in [0.2, 0.25) is 5.02 Å². The number of carbonyl (C=O) groups is 1. The number of anilines is 1. The van der Waals surface area contributed by atoms with Crippen LogP contribution in [0.25, 0.3) is 6.08 Å². The number of rotatable bonds is 8. The molecule has 4 rings (SSSR count). The predicted molar refractivity (Wildman–Crippen MR) is 126 cm³/mol.